The largest absolute Gasteiger partial charge is 0.395 e. The van der Waals surface area contributed by atoms with Gasteiger partial charge in [0.15, 0.2) is 0 Å². The van der Waals surface area contributed by atoms with Crippen molar-refractivity contribution in [1.82, 2.24) is 0 Å². The molecule has 0 saturated carbocycles. The standard InChI is InChI=1S/C2H7NO.2Cu/c3-1-2-4;;/h4H,1-3H2;;. The van der Waals surface area contributed by atoms with Crippen molar-refractivity contribution in [3.05, 3.63) is 0 Å². The van der Waals surface area contributed by atoms with Crippen molar-refractivity contribution in [2.24, 2.45) is 5.73 Å². The molecule has 0 aliphatic heterocycles. The van der Waals surface area contributed by atoms with Gasteiger partial charge in [0.2, 0.25) is 0 Å². The van der Waals surface area contributed by atoms with Gasteiger partial charge in [-0.3, -0.25) is 0 Å². The number of rotatable bonds is 1. The van der Waals surface area contributed by atoms with Crippen LogP contribution in [0, 0.1) is 0 Å². The minimum absolute atomic E-state index is 0. The van der Waals surface area contributed by atoms with E-state index in [-0.39, 0.29) is 40.7 Å². The van der Waals surface area contributed by atoms with Crippen LogP contribution in [0.25, 0.3) is 0 Å². The fourth-order valence-electron chi connectivity index (χ4n) is 0. The predicted molar refractivity (Wildman–Crippen MR) is 16.1 cm³/mol. The Bertz CT molecular complexity index is 13.5. The second kappa shape index (κ2) is 16.7. The number of aliphatic hydroxyl groups is 1. The first-order valence-corrected chi connectivity index (χ1v) is 1.22. The molecule has 0 aliphatic carbocycles. The third-order valence-electron chi connectivity index (χ3n) is 0.129. The van der Waals surface area contributed by atoms with E-state index in [0.29, 0.717) is 6.54 Å². The Kier molecular flexibility index (Phi) is 44.0. The second-order valence-corrected chi connectivity index (χ2v) is 0.512. The van der Waals surface area contributed by atoms with Gasteiger partial charge in [0.05, 0.1) is 6.61 Å². The molecule has 0 rings (SSSR count). The fourth-order valence-corrected chi connectivity index (χ4v) is 0. The van der Waals surface area contributed by atoms with E-state index in [4.69, 9.17) is 10.8 Å². The maximum absolute atomic E-state index is 7.75. The molecular formula is C2H7Cu2NO. The Hall–Kier alpha value is 0.959. The Morgan fingerprint density at radius 1 is 1.33 bits per heavy atom. The van der Waals surface area contributed by atoms with E-state index in [1.54, 1.807) is 0 Å². The number of hydrogen-bond acceptors (Lipinski definition) is 2. The summed E-state index contributed by atoms with van der Waals surface area (Å²) in [5.41, 5.74) is 4.78. The van der Waals surface area contributed by atoms with Gasteiger partial charge in [0, 0.05) is 40.7 Å². The summed E-state index contributed by atoms with van der Waals surface area (Å²) in [5, 5.41) is 7.75. The molecule has 2 radical (unpaired) electrons. The Balaban J connectivity index is -0.0000000450. The number of aliphatic hydroxyl groups excluding tert-OH is 1. The van der Waals surface area contributed by atoms with Crippen LogP contribution >= 0.6 is 0 Å². The number of hydrogen-bond donors (Lipinski definition) is 2. The second-order valence-electron chi connectivity index (χ2n) is 0.512. The molecule has 4 heteroatoms. The zero-order valence-corrected chi connectivity index (χ0v) is 4.93. The zero-order chi connectivity index (χ0) is 3.41. The minimum Gasteiger partial charge on any atom is -0.395 e. The van der Waals surface area contributed by atoms with Crippen LogP contribution in [0.2, 0.25) is 0 Å². The van der Waals surface area contributed by atoms with Gasteiger partial charge >= 0.3 is 0 Å². The molecule has 48 valence electrons. The molecule has 0 unspecified atom stereocenters. The average molecular weight is 188 g/mol. The van der Waals surface area contributed by atoms with Gasteiger partial charge in [0.1, 0.15) is 0 Å². The van der Waals surface area contributed by atoms with Crippen LogP contribution in [0.4, 0.5) is 0 Å². The average Bonchev–Trinajstić information content (AvgIpc) is 1.37. The summed E-state index contributed by atoms with van der Waals surface area (Å²) in [6.45, 7) is 0.472. The fraction of sp³-hybridized carbons (Fsp3) is 1.00. The van der Waals surface area contributed by atoms with E-state index in [9.17, 15) is 0 Å². The molecular weight excluding hydrogens is 181 g/mol. The summed E-state index contributed by atoms with van der Waals surface area (Å²) in [5.74, 6) is 0. The normalized spacial score (nSPS) is 5.00. The van der Waals surface area contributed by atoms with Gasteiger partial charge in [-0.1, -0.05) is 0 Å². The van der Waals surface area contributed by atoms with Gasteiger partial charge in [-0.15, -0.1) is 0 Å². The van der Waals surface area contributed by atoms with Crippen LogP contribution < -0.4 is 5.73 Å². The predicted octanol–water partition coefficient (Wildman–Crippen LogP) is -1.07. The van der Waals surface area contributed by atoms with E-state index >= 15 is 0 Å². The molecule has 0 aromatic heterocycles. The maximum atomic E-state index is 7.75. The van der Waals surface area contributed by atoms with Gasteiger partial charge in [-0.2, -0.15) is 0 Å². The summed E-state index contributed by atoms with van der Waals surface area (Å²) in [6, 6.07) is 0. The molecule has 0 spiro atoms. The number of nitrogens with two attached hydrogens (primary N) is 1. The molecule has 0 bridgehead atoms. The SMILES string of the molecule is NCCO.[Cu].[Cu]. The summed E-state index contributed by atoms with van der Waals surface area (Å²) in [6.07, 6.45) is 0. The quantitative estimate of drug-likeness (QED) is 0.515. The van der Waals surface area contributed by atoms with Crippen LogP contribution in [0.15, 0.2) is 0 Å². The molecule has 0 amide bonds. The van der Waals surface area contributed by atoms with Crippen molar-refractivity contribution >= 4 is 0 Å². The third kappa shape index (κ3) is 20.3. The summed E-state index contributed by atoms with van der Waals surface area (Å²) < 4.78 is 0. The van der Waals surface area contributed by atoms with E-state index in [1.165, 1.54) is 0 Å². The van der Waals surface area contributed by atoms with Crippen LogP contribution in [0.3, 0.4) is 0 Å². The first-order valence-electron chi connectivity index (χ1n) is 1.22. The minimum atomic E-state index is 0. The van der Waals surface area contributed by atoms with E-state index in [2.05, 4.69) is 0 Å². The smallest absolute Gasteiger partial charge is 0.0553 e. The Morgan fingerprint density at radius 3 is 1.50 bits per heavy atom. The van der Waals surface area contributed by atoms with Gasteiger partial charge < -0.3 is 10.8 Å². The monoisotopic (exact) mass is 187 g/mol. The Labute approximate surface area is 58.4 Å². The van der Waals surface area contributed by atoms with Gasteiger partial charge in [0.25, 0.3) is 0 Å². The first-order chi connectivity index (χ1) is 1.91. The molecule has 0 aromatic carbocycles. The molecule has 0 fully saturated rings. The molecule has 0 saturated heterocycles. The molecule has 0 atom stereocenters. The molecule has 2 nitrogen and oxygen atoms in total. The van der Waals surface area contributed by atoms with Crippen molar-refractivity contribution in [2.45, 2.75) is 0 Å². The molecule has 0 heterocycles. The first kappa shape index (κ1) is 15.8. The van der Waals surface area contributed by atoms with E-state index < -0.39 is 0 Å². The van der Waals surface area contributed by atoms with Crippen molar-refractivity contribution in [2.75, 3.05) is 13.2 Å². The van der Waals surface area contributed by atoms with Crippen LogP contribution in [0.5, 0.6) is 0 Å². The molecule has 3 N–H and O–H groups in total. The van der Waals surface area contributed by atoms with E-state index in [1.807, 2.05) is 0 Å². The topological polar surface area (TPSA) is 46.2 Å². The summed E-state index contributed by atoms with van der Waals surface area (Å²) in [4.78, 5) is 0. The van der Waals surface area contributed by atoms with Crippen molar-refractivity contribution in [1.29, 1.82) is 0 Å². The van der Waals surface area contributed by atoms with Gasteiger partial charge in [-0.25, -0.2) is 0 Å². The van der Waals surface area contributed by atoms with Crippen molar-refractivity contribution in [3.8, 4) is 0 Å². The van der Waals surface area contributed by atoms with Crippen molar-refractivity contribution in [3.63, 3.8) is 0 Å². The summed E-state index contributed by atoms with van der Waals surface area (Å²) >= 11 is 0. The third-order valence-corrected chi connectivity index (χ3v) is 0.129. The van der Waals surface area contributed by atoms with E-state index in [0.717, 1.165) is 0 Å². The van der Waals surface area contributed by atoms with Crippen LogP contribution in [-0.4, -0.2) is 18.3 Å². The van der Waals surface area contributed by atoms with Crippen LogP contribution in [0.1, 0.15) is 0 Å². The molecule has 0 aliphatic rings. The summed E-state index contributed by atoms with van der Waals surface area (Å²) in [7, 11) is 0. The molecule has 6 heavy (non-hydrogen) atoms. The van der Waals surface area contributed by atoms with Gasteiger partial charge in [-0.05, 0) is 0 Å². The molecule has 0 aromatic rings. The Morgan fingerprint density at radius 2 is 1.50 bits per heavy atom. The van der Waals surface area contributed by atoms with Crippen molar-refractivity contribution < 1.29 is 39.2 Å². The van der Waals surface area contributed by atoms with Crippen LogP contribution in [-0.2, 0) is 34.1 Å². The zero-order valence-electron chi connectivity index (χ0n) is 3.04. The maximum Gasteiger partial charge on any atom is 0.0553 e.